The van der Waals surface area contributed by atoms with Crippen LogP contribution in [-0.2, 0) is 11.2 Å². The summed E-state index contributed by atoms with van der Waals surface area (Å²) in [5.41, 5.74) is 1.92. The third-order valence-corrected chi connectivity index (χ3v) is 3.02. The van der Waals surface area contributed by atoms with Crippen molar-refractivity contribution in [2.45, 2.75) is 26.4 Å². The van der Waals surface area contributed by atoms with Gasteiger partial charge in [-0.25, -0.2) is 0 Å². The Labute approximate surface area is 96.9 Å². The van der Waals surface area contributed by atoms with Crippen molar-refractivity contribution in [1.29, 1.82) is 0 Å². The highest BCUT2D eigenvalue weighted by Gasteiger charge is 2.25. The molecule has 0 saturated carbocycles. The molecule has 4 heteroatoms. The van der Waals surface area contributed by atoms with Gasteiger partial charge in [-0.05, 0) is 47.0 Å². The lowest BCUT2D eigenvalue weighted by Crippen LogP contribution is -2.34. The van der Waals surface area contributed by atoms with Crippen LogP contribution in [0.5, 0.6) is 5.75 Å². The third-order valence-electron chi connectivity index (χ3n) is 2.43. The molecule has 0 aromatic heterocycles. The van der Waals surface area contributed by atoms with Gasteiger partial charge in [0.05, 0.1) is 10.2 Å². The molecule has 0 radical (unpaired) electrons. The summed E-state index contributed by atoms with van der Waals surface area (Å²) < 4.78 is 6.41. The number of carbonyl (C=O) groups excluding carboxylic acids is 1. The molecule has 1 atom stereocenters. The molecule has 1 aliphatic rings. The summed E-state index contributed by atoms with van der Waals surface area (Å²) in [6.45, 7) is 3.81. The Hall–Kier alpha value is -1.03. The molecular formula is C11H12BrNO2. The van der Waals surface area contributed by atoms with Crippen molar-refractivity contribution in [3.63, 3.8) is 0 Å². The van der Waals surface area contributed by atoms with Crippen molar-refractivity contribution in [3.05, 3.63) is 22.2 Å². The fourth-order valence-electron chi connectivity index (χ4n) is 1.53. The van der Waals surface area contributed by atoms with Crippen molar-refractivity contribution in [1.82, 2.24) is 0 Å². The number of fused-ring (bicyclic) bond motifs is 1. The van der Waals surface area contributed by atoms with Crippen LogP contribution in [0.2, 0.25) is 0 Å². The molecule has 80 valence electrons. The fraction of sp³-hybridized carbons (Fsp3) is 0.364. The second kappa shape index (κ2) is 3.85. The maximum atomic E-state index is 11.4. The van der Waals surface area contributed by atoms with E-state index in [1.165, 1.54) is 5.56 Å². The number of aryl methyl sites for hydroxylation is 1. The van der Waals surface area contributed by atoms with Gasteiger partial charge >= 0.3 is 0 Å². The topological polar surface area (TPSA) is 38.3 Å². The van der Waals surface area contributed by atoms with Crippen LogP contribution in [0.4, 0.5) is 5.69 Å². The molecule has 15 heavy (non-hydrogen) atoms. The van der Waals surface area contributed by atoms with Crippen LogP contribution >= 0.6 is 15.9 Å². The smallest absolute Gasteiger partial charge is 0.265 e. The van der Waals surface area contributed by atoms with Gasteiger partial charge in [0.25, 0.3) is 5.91 Å². The number of halogens is 1. The van der Waals surface area contributed by atoms with Crippen molar-refractivity contribution in [2.75, 3.05) is 5.32 Å². The number of rotatable bonds is 1. The zero-order chi connectivity index (χ0) is 11.0. The molecule has 1 aromatic carbocycles. The number of amides is 1. The molecule has 1 unspecified atom stereocenters. The lowest BCUT2D eigenvalue weighted by Gasteiger charge is -2.24. The highest BCUT2D eigenvalue weighted by atomic mass is 79.9. The van der Waals surface area contributed by atoms with Gasteiger partial charge in [-0.15, -0.1) is 0 Å². The number of benzene rings is 1. The highest BCUT2D eigenvalue weighted by Crippen LogP contribution is 2.38. The number of carbonyl (C=O) groups is 1. The first kappa shape index (κ1) is 10.5. The predicted octanol–water partition coefficient (Wildman–Crippen LogP) is 2.73. The van der Waals surface area contributed by atoms with Crippen molar-refractivity contribution >= 4 is 27.5 Å². The van der Waals surface area contributed by atoms with E-state index in [9.17, 15) is 4.79 Å². The molecule has 1 aliphatic heterocycles. The van der Waals surface area contributed by atoms with E-state index in [0.29, 0.717) is 0 Å². The summed E-state index contributed by atoms with van der Waals surface area (Å²) in [5, 5.41) is 2.83. The largest absolute Gasteiger partial charge is 0.478 e. The highest BCUT2D eigenvalue weighted by molar-refractivity contribution is 9.10. The first-order chi connectivity index (χ1) is 7.11. The Bertz CT molecular complexity index is 417. The van der Waals surface area contributed by atoms with Gasteiger partial charge in [0.1, 0.15) is 0 Å². The van der Waals surface area contributed by atoms with E-state index in [1.807, 2.05) is 12.1 Å². The van der Waals surface area contributed by atoms with E-state index in [0.717, 1.165) is 22.3 Å². The SMILES string of the molecule is CCc1cc(Br)c2c(c1)NC(=O)C(C)O2. The number of ether oxygens (including phenoxy) is 1. The van der Waals surface area contributed by atoms with Crippen LogP contribution in [0.15, 0.2) is 16.6 Å². The zero-order valence-corrected chi connectivity index (χ0v) is 10.2. The van der Waals surface area contributed by atoms with Gasteiger partial charge in [0, 0.05) is 0 Å². The number of hydrogen-bond donors (Lipinski definition) is 1. The standard InChI is InChI=1S/C11H12BrNO2/c1-3-7-4-8(12)10-9(5-7)13-11(14)6(2)15-10/h4-6H,3H2,1-2H3,(H,13,14). The molecule has 1 heterocycles. The first-order valence-corrected chi connectivity index (χ1v) is 5.71. The van der Waals surface area contributed by atoms with Gasteiger partial charge in [-0.3, -0.25) is 4.79 Å². The first-order valence-electron chi connectivity index (χ1n) is 4.91. The third kappa shape index (κ3) is 1.86. The Kier molecular flexibility index (Phi) is 2.69. The molecule has 3 nitrogen and oxygen atoms in total. The Morgan fingerprint density at radius 3 is 2.93 bits per heavy atom. The second-order valence-corrected chi connectivity index (χ2v) is 4.41. The fourth-order valence-corrected chi connectivity index (χ4v) is 2.13. The number of hydrogen-bond acceptors (Lipinski definition) is 2. The molecule has 0 fully saturated rings. The normalized spacial score (nSPS) is 19.1. The Morgan fingerprint density at radius 2 is 2.27 bits per heavy atom. The summed E-state index contributed by atoms with van der Waals surface area (Å²) in [6, 6.07) is 3.97. The summed E-state index contributed by atoms with van der Waals surface area (Å²) in [7, 11) is 0. The summed E-state index contributed by atoms with van der Waals surface area (Å²) in [6.07, 6.45) is 0.499. The van der Waals surface area contributed by atoms with Crippen LogP contribution in [0, 0.1) is 0 Å². The Balaban J connectivity index is 2.48. The quantitative estimate of drug-likeness (QED) is 0.852. The summed E-state index contributed by atoms with van der Waals surface area (Å²) >= 11 is 3.44. The average molecular weight is 270 g/mol. The zero-order valence-electron chi connectivity index (χ0n) is 8.63. The van der Waals surface area contributed by atoms with E-state index in [1.54, 1.807) is 6.92 Å². The van der Waals surface area contributed by atoms with Crippen molar-refractivity contribution < 1.29 is 9.53 Å². The van der Waals surface area contributed by atoms with Gasteiger partial charge in [-0.1, -0.05) is 6.92 Å². The Morgan fingerprint density at radius 1 is 1.53 bits per heavy atom. The maximum Gasteiger partial charge on any atom is 0.265 e. The molecule has 1 aromatic rings. The molecule has 1 amide bonds. The van der Waals surface area contributed by atoms with E-state index >= 15 is 0 Å². The number of anilines is 1. The van der Waals surface area contributed by atoms with Gasteiger partial charge < -0.3 is 10.1 Å². The molecule has 0 aliphatic carbocycles. The van der Waals surface area contributed by atoms with Crippen molar-refractivity contribution in [2.24, 2.45) is 0 Å². The van der Waals surface area contributed by atoms with E-state index < -0.39 is 6.10 Å². The maximum absolute atomic E-state index is 11.4. The van der Waals surface area contributed by atoms with Gasteiger partial charge in [0.2, 0.25) is 0 Å². The van der Waals surface area contributed by atoms with Crippen LogP contribution in [0.25, 0.3) is 0 Å². The van der Waals surface area contributed by atoms with Crippen molar-refractivity contribution in [3.8, 4) is 5.75 Å². The molecule has 0 spiro atoms. The van der Waals surface area contributed by atoms with Gasteiger partial charge in [-0.2, -0.15) is 0 Å². The lowest BCUT2D eigenvalue weighted by atomic mass is 10.1. The van der Waals surface area contributed by atoms with Crippen LogP contribution < -0.4 is 10.1 Å². The molecule has 0 bridgehead atoms. The van der Waals surface area contributed by atoms with E-state index in [4.69, 9.17) is 4.74 Å². The van der Waals surface area contributed by atoms with E-state index in [2.05, 4.69) is 28.2 Å². The molecular weight excluding hydrogens is 258 g/mol. The van der Waals surface area contributed by atoms with Gasteiger partial charge in [0.15, 0.2) is 11.9 Å². The minimum atomic E-state index is -0.429. The van der Waals surface area contributed by atoms with Crippen LogP contribution in [0.1, 0.15) is 19.4 Å². The minimum Gasteiger partial charge on any atom is -0.478 e. The minimum absolute atomic E-state index is 0.0948. The molecule has 1 N–H and O–H groups in total. The van der Waals surface area contributed by atoms with Crippen LogP contribution in [0.3, 0.4) is 0 Å². The molecule has 0 saturated heterocycles. The lowest BCUT2D eigenvalue weighted by molar-refractivity contribution is -0.122. The number of nitrogens with one attached hydrogen (secondary N) is 1. The predicted molar refractivity (Wildman–Crippen MR) is 62.2 cm³/mol. The summed E-state index contributed by atoms with van der Waals surface area (Å²) in [5.74, 6) is 0.627. The van der Waals surface area contributed by atoms with E-state index in [-0.39, 0.29) is 5.91 Å². The monoisotopic (exact) mass is 269 g/mol. The molecule has 2 rings (SSSR count). The average Bonchev–Trinajstić information content (AvgIpc) is 2.21. The van der Waals surface area contributed by atoms with Crippen LogP contribution in [-0.4, -0.2) is 12.0 Å². The second-order valence-electron chi connectivity index (χ2n) is 3.56. The summed E-state index contributed by atoms with van der Waals surface area (Å²) in [4.78, 5) is 11.4.